The van der Waals surface area contributed by atoms with Crippen LogP contribution in [0.2, 0.25) is 0 Å². The molecule has 1 atom stereocenters. The number of amides is 4. The molecule has 0 aliphatic carbocycles. The highest BCUT2D eigenvalue weighted by Gasteiger charge is 2.49. The van der Waals surface area contributed by atoms with Gasteiger partial charge in [-0.3, -0.25) is 14.5 Å². The van der Waals surface area contributed by atoms with Crippen LogP contribution in [0, 0.1) is 0 Å². The fourth-order valence-corrected chi connectivity index (χ4v) is 3.05. The first-order valence-electron chi connectivity index (χ1n) is 8.76. The second-order valence-electron chi connectivity index (χ2n) is 6.79. The number of nitrogens with zero attached hydrogens (tertiary/aromatic N) is 2. The summed E-state index contributed by atoms with van der Waals surface area (Å²) in [6, 6.07) is 7.14. The van der Waals surface area contributed by atoms with Gasteiger partial charge in [0.05, 0.1) is 0 Å². The van der Waals surface area contributed by atoms with E-state index in [0.717, 1.165) is 10.5 Å². The van der Waals surface area contributed by atoms with Crippen LogP contribution >= 0.6 is 0 Å². The number of hydrogen-bond acceptors (Lipinski definition) is 3. The minimum atomic E-state index is -1.14. The molecule has 1 unspecified atom stereocenters. The van der Waals surface area contributed by atoms with E-state index in [0.29, 0.717) is 24.6 Å². The second kappa shape index (κ2) is 7.25. The minimum absolute atomic E-state index is 0.229. The molecule has 1 aromatic rings. The third-order valence-corrected chi connectivity index (χ3v) is 4.84. The summed E-state index contributed by atoms with van der Waals surface area (Å²) in [5, 5.41) is 2.74. The number of rotatable bonds is 6. The van der Waals surface area contributed by atoms with E-state index in [4.69, 9.17) is 0 Å². The molecule has 1 heterocycles. The second-order valence-corrected chi connectivity index (χ2v) is 6.79. The molecule has 6 nitrogen and oxygen atoms in total. The van der Waals surface area contributed by atoms with Crippen molar-refractivity contribution in [3.05, 3.63) is 35.4 Å². The normalized spacial score (nSPS) is 20.2. The van der Waals surface area contributed by atoms with E-state index < -0.39 is 17.5 Å². The topological polar surface area (TPSA) is 69.7 Å². The minimum Gasteiger partial charge on any atom is -0.342 e. The number of imide groups is 1. The molecule has 25 heavy (non-hydrogen) atoms. The lowest BCUT2D eigenvalue weighted by Gasteiger charge is -2.24. The van der Waals surface area contributed by atoms with Crippen molar-refractivity contribution in [2.75, 3.05) is 19.6 Å². The third kappa shape index (κ3) is 3.52. The monoisotopic (exact) mass is 345 g/mol. The lowest BCUT2D eigenvalue weighted by atomic mass is 9.90. The molecule has 0 spiro atoms. The molecule has 136 valence electrons. The summed E-state index contributed by atoms with van der Waals surface area (Å²) < 4.78 is 0. The van der Waals surface area contributed by atoms with Crippen molar-refractivity contribution in [2.45, 2.75) is 46.1 Å². The zero-order valence-corrected chi connectivity index (χ0v) is 15.6. The number of benzene rings is 1. The largest absolute Gasteiger partial charge is 0.342 e. The van der Waals surface area contributed by atoms with Gasteiger partial charge >= 0.3 is 6.03 Å². The van der Waals surface area contributed by atoms with Crippen molar-refractivity contribution < 1.29 is 14.4 Å². The van der Waals surface area contributed by atoms with Crippen molar-refractivity contribution in [1.29, 1.82) is 0 Å². The summed E-state index contributed by atoms with van der Waals surface area (Å²) in [5.41, 5.74) is 0.738. The standard InChI is InChI=1S/C19H27N3O3/c1-6-21(7-2)16(23)12-22-17(24)19(5,20-18(22)25)15-10-8-14(9-11-15)13(3)4/h8-11,13H,6-7,12H2,1-5H3,(H,20,25). The lowest BCUT2D eigenvalue weighted by Crippen LogP contribution is -2.44. The van der Waals surface area contributed by atoms with Crippen LogP contribution in [0.15, 0.2) is 24.3 Å². The molecular weight excluding hydrogens is 318 g/mol. The van der Waals surface area contributed by atoms with E-state index in [-0.39, 0.29) is 12.5 Å². The molecule has 0 bridgehead atoms. The van der Waals surface area contributed by atoms with Crippen LogP contribution < -0.4 is 5.32 Å². The van der Waals surface area contributed by atoms with E-state index in [9.17, 15) is 14.4 Å². The zero-order valence-electron chi connectivity index (χ0n) is 15.6. The Kier molecular flexibility index (Phi) is 5.50. The SMILES string of the molecule is CCN(CC)C(=O)CN1C(=O)NC(C)(c2ccc(C(C)C)cc2)C1=O. The Bertz CT molecular complexity index is 665. The predicted octanol–water partition coefficient (Wildman–Crippen LogP) is 2.45. The van der Waals surface area contributed by atoms with Crippen molar-refractivity contribution >= 4 is 17.8 Å². The molecule has 0 radical (unpaired) electrons. The molecule has 4 amide bonds. The van der Waals surface area contributed by atoms with Gasteiger partial charge in [-0.25, -0.2) is 4.79 Å². The molecule has 6 heteroatoms. The molecule has 0 aromatic heterocycles. The van der Waals surface area contributed by atoms with Gasteiger partial charge in [-0.15, -0.1) is 0 Å². The van der Waals surface area contributed by atoms with E-state index in [2.05, 4.69) is 19.2 Å². The van der Waals surface area contributed by atoms with E-state index in [1.54, 1.807) is 11.8 Å². The lowest BCUT2D eigenvalue weighted by molar-refractivity contribution is -0.138. The van der Waals surface area contributed by atoms with Crippen LogP contribution in [0.25, 0.3) is 0 Å². The maximum absolute atomic E-state index is 12.9. The fraction of sp³-hybridized carbons (Fsp3) is 0.526. The highest BCUT2D eigenvalue weighted by Crippen LogP contribution is 2.29. The first-order valence-corrected chi connectivity index (χ1v) is 8.76. The summed E-state index contributed by atoms with van der Waals surface area (Å²) in [7, 11) is 0. The zero-order chi connectivity index (χ0) is 18.8. The summed E-state index contributed by atoms with van der Waals surface area (Å²) in [6.45, 7) is 10.5. The number of nitrogens with one attached hydrogen (secondary N) is 1. The van der Waals surface area contributed by atoms with E-state index in [1.165, 1.54) is 0 Å². The first kappa shape index (κ1) is 19.0. The molecule has 1 saturated heterocycles. The molecule has 1 aliphatic heterocycles. The number of carbonyl (C=O) groups is 3. The smallest absolute Gasteiger partial charge is 0.325 e. The molecule has 1 N–H and O–H groups in total. The van der Waals surface area contributed by atoms with Crippen molar-refractivity contribution in [1.82, 2.24) is 15.1 Å². The summed E-state index contributed by atoms with van der Waals surface area (Å²) in [4.78, 5) is 40.1. The van der Waals surface area contributed by atoms with Crippen molar-refractivity contribution in [3.63, 3.8) is 0 Å². The van der Waals surface area contributed by atoms with Gasteiger partial charge in [-0.1, -0.05) is 38.1 Å². The Morgan fingerprint density at radius 2 is 1.72 bits per heavy atom. The van der Waals surface area contributed by atoms with Crippen molar-refractivity contribution in [2.24, 2.45) is 0 Å². The van der Waals surface area contributed by atoms with Gasteiger partial charge in [0.2, 0.25) is 5.91 Å². The summed E-state index contributed by atoms with van der Waals surface area (Å²) in [5.74, 6) is -0.234. The molecule has 1 aromatic carbocycles. The Labute approximate surface area is 149 Å². The number of carbonyl (C=O) groups excluding carboxylic acids is 3. The van der Waals surface area contributed by atoms with Crippen molar-refractivity contribution in [3.8, 4) is 0 Å². The highest BCUT2D eigenvalue weighted by molar-refractivity contribution is 6.09. The van der Waals surface area contributed by atoms with Crippen LogP contribution in [0.1, 0.15) is 51.7 Å². The van der Waals surface area contributed by atoms with E-state index >= 15 is 0 Å². The number of urea groups is 1. The molecule has 2 rings (SSSR count). The Hall–Kier alpha value is -2.37. The van der Waals surface area contributed by atoms with Gasteiger partial charge in [0.25, 0.3) is 5.91 Å². The fourth-order valence-electron chi connectivity index (χ4n) is 3.05. The number of likely N-dealkylation sites (N-methyl/N-ethyl adjacent to an activating group) is 1. The summed E-state index contributed by atoms with van der Waals surface area (Å²) in [6.07, 6.45) is 0. The maximum Gasteiger partial charge on any atom is 0.325 e. The van der Waals surface area contributed by atoms with E-state index in [1.807, 2.05) is 38.1 Å². The van der Waals surface area contributed by atoms with Gasteiger partial charge < -0.3 is 10.2 Å². The van der Waals surface area contributed by atoms with Crippen LogP contribution in [0.4, 0.5) is 4.79 Å². The maximum atomic E-state index is 12.9. The Morgan fingerprint density at radius 3 is 2.20 bits per heavy atom. The Balaban J connectivity index is 2.22. The average Bonchev–Trinajstić information content (AvgIpc) is 2.80. The molecule has 1 fully saturated rings. The van der Waals surface area contributed by atoms with Gasteiger partial charge in [0, 0.05) is 13.1 Å². The van der Waals surface area contributed by atoms with Gasteiger partial charge in [0.15, 0.2) is 0 Å². The van der Waals surface area contributed by atoms with Gasteiger partial charge in [-0.2, -0.15) is 0 Å². The number of hydrogen-bond donors (Lipinski definition) is 1. The van der Waals surface area contributed by atoms with Crippen LogP contribution in [-0.4, -0.2) is 47.3 Å². The average molecular weight is 345 g/mol. The van der Waals surface area contributed by atoms with Gasteiger partial charge in [0.1, 0.15) is 12.1 Å². The third-order valence-electron chi connectivity index (χ3n) is 4.84. The van der Waals surface area contributed by atoms with Gasteiger partial charge in [-0.05, 0) is 37.8 Å². The summed E-state index contributed by atoms with van der Waals surface area (Å²) >= 11 is 0. The van der Waals surface area contributed by atoms with Crippen LogP contribution in [0.3, 0.4) is 0 Å². The predicted molar refractivity (Wildman–Crippen MR) is 96.1 cm³/mol. The Morgan fingerprint density at radius 1 is 1.16 bits per heavy atom. The first-order chi connectivity index (χ1) is 11.7. The molecule has 0 saturated carbocycles. The van der Waals surface area contributed by atoms with Crippen LogP contribution in [-0.2, 0) is 15.1 Å². The molecular formula is C19H27N3O3. The highest BCUT2D eigenvalue weighted by atomic mass is 16.2. The molecule has 1 aliphatic rings. The van der Waals surface area contributed by atoms with Crippen LogP contribution in [0.5, 0.6) is 0 Å². The quantitative estimate of drug-likeness (QED) is 0.805.